The van der Waals surface area contributed by atoms with E-state index in [0.717, 1.165) is 5.56 Å². The minimum absolute atomic E-state index is 0.0602. The molecule has 2 heterocycles. The third-order valence-corrected chi connectivity index (χ3v) is 3.46. The normalized spacial score (nSPS) is 10.8. The summed E-state index contributed by atoms with van der Waals surface area (Å²) in [6.07, 6.45) is 1.54. The zero-order valence-corrected chi connectivity index (χ0v) is 13.4. The highest BCUT2D eigenvalue weighted by Gasteiger charge is 2.12. The second-order valence-corrected chi connectivity index (χ2v) is 5.37. The molecule has 24 heavy (non-hydrogen) atoms. The van der Waals surface area contributed by atoms with Gasteiger partial charge in [0.15, 0.2) is 17.3 Å². The minimum Gasteiger partial charge on any atom is -0.476 e. The van der Waals surface area contributed by atoms with Gasteiger partial charge in [-0.3, -0.25) is 0 Å². The molecule has 0 aliphatic rings. The lowest BCUT2D eigenvalue weighted by atomic mass is 10.2. The van der Waals surface area contributed by atoms with Crippen LogP contribution in [0.5, 0.6) is 0 Å². The lowest BCUT2D eigenvalue weighted by Crippen LogP contribution is -2.06. The van der Waals surface area contributed by atoms with Crippen molar-refractivity contribution in [2.45, 2.75) is 6.61 Å². The van der Waals surface area contributed by atoms with Gasteiger partial charge in [-0.25, -0.2) is 19.4 Å². The number of rotatable bonds is 5. The summed E-state index contributed by atoms with van der Waals surface area (Å²) in [4.78, 5) is 19.9. The first-order chi connectivity index (χ1) is 11.6. The number of halogens is 1. The van der Waals surface area contributed by atoms with Crippen LogP contribution < -0.4 is 0 Å². The van der Waals surface area contributed by atoms with Gasteiger partial charge in [0.25, 0.3) is 0 Å². The first-order valence-electron chi connectivity index (χ1n) is 6.99. The van der Waals surface area contributed by atoms with E-state index in [1.54, 1.807) is 25.3 Å². The summed E-state index contributed by atoms with van der Waals surface area (Å²) in [5.41, 5.74) is 1.37. The monoisotopic (exact) mass is 344 g/mol. The van der Waals surface area contributed by atoms with Crippen molar-refractivity contribution in [3.63, 3.8) is 0 Å². The van der Waals surface area contributed by atoms with Crippen LogP contribution in [-0.2, 0) is 11.3 Å². The number of aromatic nitrogens is 4. The molecule has 0 aliphatic heterocycles. The molecule has 7 nitrogen and oxygen atoms in total. The molecule has 0 fully saturated rings. The smallest absolute Gasteiger partial charge is 0.356 e. The number of hydrogen-bond acceptors (Lipinski definition) is 5. The fourth-order valence-electron chi connectivity index (χ4n) is 2.12. The third kappa shape index (κ3) is 3.42. The van der Waals surface area contributed by atoms with Crippen LogP contribution >= 0.6 is 11.6 Å². The Morgan fingerprint density at radius 2 is 2.00 bits per heavy atom. The minimum atomic E-state index is -1.10. The van der Waals surface area contributed by atoms with Crippen molar-refractivity contribution in [3.8, 4) is 17.2 Å². The lowest BCUT2D eigenvalue weighted by Gasteiger charge is -2.08. The molecule has 1 aromatic carbocycles. The number of benzene rings is 1. The van der Waals surface area contributed by atoms with Gasteiger partial charge in [-0.2, -0.15) is 5.10 Å². The Labute approximate surface area is 142 Å². The average Bonchev–Trinajstić information content (AvgIpc) is 3.06. The Balaban J connectivity index is 2.08. The molecule has 3 aromatic rings. The number of nitrogens with zero attached hydrogens (tertiary/aromatic N) is 4. The molecule has 0 saturated carbocycles. The first kappa shape index (κ1) is 16.1. The highest BCUT2D eigenvalue weighted by atomic mass is 35.5. The average molecular weight is 345 g/mol. The highest BCUT2D eigenvalue weighted by Crippen LogP contribution is 2.20. The van der Waals surface area contributed by atoms with Crippen molar-refractivity contribution in [1.29, 1.82) is 0 Å². The number of methoxy groups -OCH3 is 1. The Morgan fingerprint density at radius 3 is 2.62 bits per heavy atom. The van der Waals surface area contributed by atoms with Crippen molar-refractivity contribution in [2.75, 3.05) is 7.11 Å². The van der Waals surface area contributed by atoms with Gasteiger partial charge in [0, 0.05) is 30.0 Å². The van der Waals surface area contributed by atoms with Crippen molar-refractivity contribution >= 4 is 17.6 Å². The molecule has 0 bridgehead atoms. The van der Waals surface area contributed by atoms with E-state index in [2.05, 4.69) is 15.1 Å². The molecular formula is C16H13ClN4O3. The Kier molecular flexibility index (Phi) is 4.54. The van der Waals surface area contributed by atoms with Crippen LogP contribution in [0.4, 0.5) is 0 Å². The van der Waals surface area contributed by atoms with Crippen molar-refractivity contribution in [1.82, 2.24) is 19.7 Å². The summed E-state index contributed by atoms with van der Waals surface area (Å²) in [5.74, 6) is -0.170. The molecule has 8 heteroatoms. The molecule has 0 saturated heterocycles. The summed E-state index contributed by atoms with van der Waals surface area (Å²) in [6, 6.07) is 10.2. The second-order valence-electron chi connectivity index (χ2n) is 4.93. The van der Waals surface area contributed by atoms with E-state index in [9.17, 15) is 4.79 Å². The van der Waals surface area contributed by atoms with Gasteiger partial charge in [0.2, 0.25) is 0 Å². The van der Waals surface area contributed by atoms with Gasteiger partial charge in [-0.15, -0.1) is 0 Å². The van der Waals surface area contributed by atoms with Crippen LogP contribution in [-0.4, -0.2) is 37.9 Å². The van der Waals surface area contributed by atoms with E-state index in [-0.39, 0.29) is 5.69 Å². The quantitative estimate of drug-likeness (QED) is 0.765. The van der Waals surface area contributed by atoms with E-state index in [0.29, 0.717) is 29.0 Å². The standard InChI is InChI=1S/C16H13ClN4O3/c1-24-9-12-8-14(21-7-6-13(20-21)16(22)23)19-15(18-12)10-2-4-11(17)5-3-10/h2-8H,9H2,1H3,(H,22,23). The summed E-state index contributed by atoms with van der Waals surface area (Å²) < 4.78 is 6.53. The van der Waals surface area contributed by atoms with Crippen molar-refractivity contribution in [3.05, 3.63) is 59.0 Å². The molecule has 122 valence electrons. The summed E-state index contributed by atoms with van der Waals surface area (Å²) in [7, 11) is 1.57. The molecule has 2 aromatic heterocycles. The molecule has 0 unspecified atom stereocenters. The SMILES string of the molecule is COCc1cc(-n2ccc(C(=O)O)n2)nc(-c2ccc(Cl)cc2)n1. The van der Waals surface area contributed by atoms with E-state index in [1.165, 1.54) is 16.9 Å². The number of carbonyl (C=O) groups is 1. The molecule has 0 radical (unpaired) electrons. The maximum absolute atomic E-state index is 11.0. The van der Waals surface area contributed by atoms with Crippen molar-refractivity contribution in [2.24, 2.45) is 0 Å². The zero-order valence-electron chi connectivity index (χ0n) is 12.7. The highest BCUT2D eigenvalue weighted by molar-refractivity contribution is 6.30. The van der Waals surface area contributed by atoms with Crippen LogP contribution in [0.15, 0.2) is 42.6 Å². The van der Waals surface area contributed by atoms with E-state index >= 15 is 0 Å². The molecule has 0 atom stereocenters. The summed E-state index contributed by atoms with van der Waals surface area (Å²) in [6.45, 7) is 0.295. The lowest BCUT2D eigenvalue weighted by molar-refractivity contribution is 0.0690. The Morgan fingerprint density at radius 1 is 1.25 bits per heavy atom. The number of carboxylic acid groups (broad SMARTS) is 1. The number of hydrogen-bond donors (Lipinski definition) is 1. The largest absolute Gasteiger partial charge is 0.476 e. The summed E-state index contributed by atoms with van der Waals surface area (Å²) >= 11 is 5.91. The number of aromatic carboxylic acids is 1. The molecule has 3 rings (SSSR count). The van der Waals surface area contributed by atoms with E-state index in [1.807, 2.05) is 12.1 Å². The zero-order chi connectivity index (χ0) is 17.1. The molecule has 0 aliphatic carbocycles. The van der Waals surface area contributed by atoms with Gasteiger partial charge in [0.05, 0.1) is 12.3 Å². The van der Waals surface area contributed by atoms with Crippen LogP contribution in [0.1, 0.15) is 16.2 Å². The van der Waals surface area contributed by atoms with E-state index in [4.69, 9.17) is 21.4 Å². The van der Waals surface area contributed by atoms with Crippen LogP contribution in [0.2, 0.25) is 5.02 Å². The maximum Gasteiger partial charge on any atom is 0.356 e. The second kappa shape index (κ2) is 6.77. The number of carboxylic acids is 1. The van der Waals surface area contributed by atoms with Gasteiger partial charge >= 0.3 is 5.97 Å². The molecular weight excluding hydrogens is 332 g/mol. The third-order valence-electron chi connectivity index (χ3n) is 3.20. The van der Waals surface area contributed by atoms with Crippen LogP contribution in [0.25, 0.3) is 17.2 Å². The first-order valence-corrected chi connectivity index (χ1v) is 7.37. The van der Waals surface area contributed by atoms with Gasteiger partial charge in [0.1, 0.15) is 0 Å². The summed E-state index contributed by atoms with van der Waals surface area (Å²) in [5, 5.41) is 13.6. The fraction of sp³-hybridized carbons (Fsp3) is 0.125. The van der Waals surface area contributed by atoms with Crippen LogP contribution in [0, 0.1) is 0 Å². The number of ether oxygens (including phenoxy) is 1. The molecule has 0 spiro atoms. The Hall–Kier alpha value is -2.77. The molecule has 0 amide bonds. The fourth-order valence-corrected chi connectivity index (χ4v) is 2.24. The van der Waals surface area contributed by atoms with E-state index < -0.39 is 5.97 Å². The Bertz CT molecular complexity index is 877. The topological polar surface area (TPSA) is 90.1 Å². The van der Waals surface area contributed by atoms with Crippen LogP contribution in [0.3, 0.4) is 0 Å². The molecule has 1 N–H and O–H groups in total. The van der Waals surface area contributed by atoms with Gasteiger partial charge in [-0.05, 0) is 30.3 Å². The maximum atomic E-state index is 11.0. The van der Waals surface area contributed by atoms with Gasteiger partial charge < -0.3 is 9.84 Å². The van der Waals surface area contributed by atoms with Crippen molar-refractivity contribution < 1.29 is 14.6 Å². The predicted molar refractivity (Wildman–Crippen MR) is 87.3 cm³/mol. The predicted octanol–water partition coefficient (Wildman–Crippen LogP) is 2.83. The van der Waals surface area contributed by atoms with Gasteiger partial charge in [-0.1, -0.05) is 11.6 Å².